The maximum Gasteiger partial charge on any atom is 0.274 e. The zero-order valence-electron chi connectivity index (χ0n) is 8.00. The number of nitro groups is 1. The molecule has 5 nitrogen and oxygen atoms in total. The molecule has 16 heavy (non-hydrogen) atoms. The highest BCUT2D eigenvalue weighted by Crippen LogP contribution is 2.24. The van der Waals surface area contributed by atoms with Crippen LogP contribution >= 0.6 is 11.6 Å². The summed E-state index contributed by atoms with van der Waals surface area (Å²) in [7, 11) is 0. The molecule has 2 aromatic heterocycles. The van der Waals surface area contributed by atoms with E-state index in [9.17, 15) is 10.1 Å². The fraction of sp³-hybridized carbons (Fsp3) is 0. The lowest BCUT2D eigenvalue weighted by atomic mass is 10.2. The Bertz CT molecular complexity index is 531. The van der Waals surface area contributed by atoms with Crippen molar-refractivity contribution in [2.75, 3.05) is 0 Å². The summed E-state index contributed by atoms with van der Waals surface area (Å²) in [5, 5.41) is 10.7. The van der Waals surface area contributed by atoms with Crippen molar-refractivity contribution in [3.05, 3.63) is 51.9 Å². The maximum atomic E-state index is 10.6. The average molecular weight is 236 g/mol. The fourth-order valence-corrected chi connectivity index (χ4v) is 1.46. The topological polar surface area (TPSA) is 68.9 Å². The van der Waals surface area contributed by atoms with Crippen LogP contribution in [0.1, 0.15) is 0 Å². The Hall–Kier alpha value is -2.01. The van der Waals surface area contributed by atoms with Crippen molar-refractivity contribution in [2.45, 2.75) is 0 Å². The van der Waals surface area contributed by atoms with Gasteiger partial charge in [-0.1, -0.05) is 11.6 Å². The van der Waals surface area contributed by atoms with Gasteiger partial charge in [0.2, 0.25) is 0 Å². The first kappa shape index (κ1) is 10.5. The molecular weight excluding hydrogens is 230 g/mol. The van der Waals surface area contributed by atoms with Gasteiger partial charge in [-0.05, 0) is 12.1 Å². The van der Waals surface area contributed by atoms with Gasteiger partial charge in [-0.15, -0.1) is 0 Å². The largest absolute Gasteiger partial charge is 0.274 e. The number of halogens is 1. The molecule has 0 amide bonds. The minimum atomic E-state index is -0.502. The predicted octanol–water partition coefficient (Wildman–Crippen LogP) is 2.71. The van der Waals surface area contributed by atoms with Gasteiger partial charge >= 0.3 is 0 Å². The number of nitrogens with zero attached hydrogens (tertiary/aromatic N) is 3. The lowest BCUT2D eigenvalue weighted by Gasteiger charge is -2.00. The van der Waals surface area contributed by atoms with E-state index >= 15 is 0 Å². The third-order valence-electron chi connectivity index (χ3n) is 1.97. The van der Waals surface area contributed by atoms with Crippen LogP contribution in [-0.2, 0) is 0 Å². The Morgan fingerprint density at radius 1 is 1.25 bits per heavy atom. The number of hydrogen-bond acceptors (Lipinski definition) is 4. The summed E-state index contributed by atoms with van der Waals surface area (Å²) in [5.74, 6) is 0. The molecule has 2 aromatic rings. The molecular formula is C10H6ClN3O2. The van der Waals surface area contributed by atoms with E-state index < -0.39 is 4.92 Å². The van der Waals surface area contributed by atoms with Crippen LogP contribution in [0.25, 0.3) is 11.3 Å². The smallest absolute Gasteiger partial charge is 0.265 e. The lowest BCUT2D eigenvalue weighted by molar-refractivity contribution is -0.384. The minimum Gasteiger partial charge on any atom is -0.265 e. The second-order valence-electron chi connectivity index (χ2n) is 3.03. The Morgan fingerprint density at radius 2 is 1.94 bits per heavy atom. The van der Waals surface area contributed by atoms with E-state index in [4.69, 9.17) is 11.6 Å². The molecule has 2 heterocycles. The Balaban J connectivity index is 2.54. The SMILES string of the molecule is O=[N+]([O-])c1cc(Cl)nc(-c2ccncc2)c1. The second-order valence-corrected chi connectivity index (χ2v) is 3.41. The zero-order valence-corrected chi connectivity index (χ0v) is 8.76. The molecule has 0 unspecified atom stereocenters. The lowest BCUT2D eigenvalue weighted by Crippen LogP contribution is -1.91. The van der Waals surface area contributed by atoms with E-state index in [-0.39, 0.29) is 10.8 Å². The molecule has 0 saturated carbocycles. The highest BCUT2D eigenvalue weighted by molar-refractivity contribution is 6.29. The normalized spacial score (nSPS) is 10.1. The molecule has 0 aliphatic rings. The number of aromatic nitrogens is 2. The summed E-state index contributed by atoms with van der Waals surface area (Å²) in [4.78, 5) is 18.0. The van der Waals surface area contributed by atoms with Crippen molar-refractivity contribution < 1.29 is 4.92 Å². The van der Waals surface area contributed by atoms with E-state index in [1.54, 1.807) is 24.5 Å². The standard InChI is InChI=1S/C10H6ClN3O2/c11-10-6-8(14(15)16)5-9(13-10)7-1-3-12-4-2-7/h1-6H. The quantitative estimate of drug-likeness (QED) is 0.456. The van der Waals surface area contributed by atoms with Gasteiger partial charge in [0, 0.05) is 24.0 Å². The Kier molecular flexibility index (Phi) is 2.78. The molecule has 0 N–H and O–H groups in total. The molecule has 0 bridgehead atoms. The van der Waals surface area contributed by atoms with Gasteiger partial charge in [0.1, 0.15) is 5.15 Å². The Morgan fingerprint density at radius 3 is 2.56 bits per heavy atom. The zero-order chi connectivity index (χ0) is 11.5. The van der Waals surface area contributed by atoms with Crippen LogP contribution in [0.15, 0.2) is 36.7 Å². The van der Waals surface area contributed by atoms with Crippen molar-refractivity contribution in [2.24, 2.45) is 0 Å². The summed E-state index contributed by atoms with van der Waals surface area (Å²) in [5.41, 5.74) is 1.12. The van der Waals surface area contributed by atoms with Gasteiger partial charge in [-0.25, -0.2) is 4.98 Å². The molecule has 2 rings (SSSR count). The van der Waals surface area contributed by atoms with Crippen molar-refractivity contribution in [1.29, 1.82) is 0 Å². The molecule has 0 aliphatic carbocycles. The van der Waals surface area contributed by atoms with E-state index in [0.717, 1.165) is 5.56 Å². The van der Waals surface area contributed by atoms with Crippen LogP contribution in [0.3, 0.4) is 0 Å². The van der Waals surface area contributed by atoms with E-state index in [1.165, 1.54) is 12.1 Å². The summed E-state index contributed by atoms with van der Waals surface area (Å²) >= 11 is 5.71. The summed E-state index contributed by atoms with van der Waals surface area (Å²) < 4.78 is 0. The molecule has 0 saturated heterocycles. The Labute approximate surface area is 95.9 Å². The summed E-state index contributed by atoms with van der Waals surface area (Å²) in [6.45, 7) is 0. The van der Waals surface area contributed by atoms with Gasteiger partial charge in [0.25, 0.3) is 5.69 Å². The average Bonchev–Trinajstić information content (AvgIpc) is 2.29. The van der Waals surface area contributed by atoms with Crippen LogP contribution in [0, 0.1) is 10.1 Å². The first-order valence-electron chi connectivity index (χ1n) is 4.39. The third-order valence-corrected chi connectivity index (χ3v) is 2.16. The molecule has 0 radical (unpaired) electrons. The van der Waals surface area contributed by atoms with E-state index in [0.29, 0.717) is 5.69 Å². The van der Waals surface area contributed by atoms with Crippen molar-refractivity contribution >= 4 is 17.3 Å². The van der Waals surface area contributed by atoms with Crippen molar-refractivity contribution in [3.63, 3.8) is 0 Å². The predicted molar refractivity (Wildman–Crippen MR) is 59.1 cm³/mol. The summed E-state index contributed by atoms with van der Waals surface area (Å²) in [6, 6.07) is 6.01. The molecule has 80 valence electrons. The van der Waals surface area contributed by atoms with Crippen LogP contribution in [0.2, 0.25) is 5.15 Å². The van der Waals surface area contributed by atoms with Gasteiger partial charge in [0.05, 0.1) is 16.7 Å². The second kappa shape index (κ2) is 4.24. The number of hydrogen-bond donors (Lipinski definition) is 0. The van der Waals surface area contributed by atoms with Crippen LogP contribution in [0.5, 0.6) is 0 Å². The van der Waals surface area contributed by atoms with Crippen molar-refractivity contribution in [3.8, 4) is 11.3 Å². The molecule has 0 atom stereocenters. The van der Waals surface area contributed by atoms with Crippen LogP contribution in [-0.4, -0.2) is 14.9 Å². The molecule has 0 fully saturated rings. The van der Waals surface area contributed by atoms with E-state index in [2.05, 4.69) is 9.97 Å². The monoisotopic (exact) mass is 235 g/mol. The molecule has 0 spiro atoms. The molecule has 6 heteroatoms. The number of rotatable bonds is 2. The first-order chi connectivity index (χ1) is 7.66. The van der Waals surface area contributed by atoms with Gasteiger partial charge < -0.3 is 0 Å². The van der Waals surface area contributed by atoms with Crippen LogP contribution < -0.4 is 0 Å². The van der Waals surface area contributed by atoms with Crippen molar-refractivity contribution in [1.82, 2.24) is 9.97 Å². The first-order valence-corrected chi connectivity index (χ1v) is 4.77. The highest BCUT2D eigenvalue weighted by Gasteiger charge is 2.11. The third kappa shape index (κ3) is 2.14. The van der Waals surface area contributed by atoms with Gasteiger partial charge in [-0.2, -0.15) is 0 Å². The molecule has 0 aromatic carbocycles. The van der Waals surface area contributed by atoms with Gasteiger partial charge in [-0.3, -0.25) is 15.1 Å². The fourth-order valence-electron chi connectivity index (χ4n) is 1.26. The summed E-state index contributed by atoms with van der Waals surface area (Å²) in [6.07, 6.45) is 3.17. The minimum absolute atomic E-state index is 0.0770. The maximum absolute atomic E-state index is 10.6. The van der Waals surface area contributed by atoms with Crippen LogP contribution in [0.4, 0.5) is 5.69 Å². The highest BCUT2D eigenvalue weighted by atomic mass is 35.5. The van der Waals surface area contributed by atoms with Gasteiger partial charge in [0.15, 0.2) is 0 Å². The molecule has 0 aliphatic heterocycles. The van der Waals surface area contributed by atoms with E-state index in [1.807, 2.05) is 0 Å². The number of pyridine rings is 2.